The van der Waals surface area contributed by atoms with Gasteiger partial charge in [0.25, 0.3) is 5.69 Å². The Labute approximate surface area is 217 Å². The van der Waals surface area contributed by atoms with Crippen molar-refractivity contribution in [3.63, 3.8) is 0 Å². The summed E-state index contributed by atoms with van der Waals surface area (Å²) in [7, 11) is 1.44. The summed E-state index contributed by atoms with van der Waals surface area (Å²) in [6.07, 6.45) is 4.99. The minimum atomic E-state index is -0.678. The van der Waals surface area contributed by atoms with Gasteiger partial charge in [0.15, 0.2) is 17.3 Å². The maximum absolute atomic E-state index is 13.6. The zero-order valence-corrected chi connectivity index (χ0v) is 20.4. The summed E-state index contributed by atoms with van der Waals surface area (Å²) in [5.74, 6) is 1.13. The number of hydrogen-bond acceptors (Lipinski definition) is 8. The van der Waals surface area contributed by atoms with Crippen LogP contribution in [0.25, 0.3) is 5.82 Å². The molecule has 190 valence electrons. The third kappa shape index (κ3) is 3.59. The molecule has 0 bridgehead atoms. The maximum Gasteiger partial charge on any atom is 0.296 e. The topological polar surface area (TPSA) is 120 Å². The van der Waals surface area contributed by atoms with Crippen LogP contribution in [0.2, 0.25) is 0 Å². The van der Waals surface area contributed by atoms with Crippen LogP contribution in [0, 0.1) is 21.4 Å². The van der Waals surface area contributed by atoms with Crippen molar-refractivity contribution in [2.75, 3.05) is 18.8 Å². The minimum Gasteiger partial charge on any atom is -0.496 e. The van der Waals surface area contributed by atoms with Crippen LogP contribution in [0.1, 0.15) is 30.7 Å². The van der Waals surface area contributed by atoms with Crippen molar-refractivity contribution in [3.05, 3.63) is 93.4 Å². The van der Waals surface area contributed by atoms with Crippen LogP contribution < -0.4 is 19.1 Å². The predicted molar refractivity (Wildman–Crippen MR) is 137 cm³/mol. The molecule has 0 radical (unpaired) electrons. The van der Waals surface area contributed by atoms with Gasteiger partial charge in [-0.05, 0) is 54.8 Å². The van der Waals surface area contributed by atoms with Crippen LogP contribution in [0.5, 0.6) is 17.2 Å². The van der Waals surface area contributed by atoms with Crippen molar-refractivity contribution in [1.82, 2.24) is 4.57 Å². The summed E-state index contributed by atoms with van der Waals surface area (Å²) in [5, 5.41) is 22.8. The molecule has 10 heteroatoms. The van der Waals surface area contributed by atoms with Crippen molar-refractivity contribution in [3.8, 4) is 23.3 Å². The largest absolute Gasteiger partial charge is 0.496 e. The fourth-order valence-electron chi connectivity index (χ4n) is 5.42. The summed E-state index contributed by atoms with van der Waals surface area (Å²) in [6.45, 7) is 0.0980. The molecule has 2 aliphatic heterocycles. The number of carbonyl (C=O) groups excluding carboxylic acids is 1. The summed E-state index contributed by atoms with van der Waals surface area (Å²) < 4.78 is 18.1. The lowest BCUT2D eigenvalue weighted by molar-refractivity contribution is -0.384. The van der Waals surface area contributed by atoms with E-state index in [0.717, 1.165) is 0 Å². The number of anilines is 1. The summed E-state index contributed by atoms with van der Waals surface area (Å²) >= 11 is 0. The van der Waals surface area contributed by atoms with E-state index in [1.54, 1.807) is 46.1 Å². The number of rotatable bonds is 5. The molecule has 2 aromatic carbocycles. The second kappa shape index (κ2) is 9.12. The normalized spacial score (nSPS) is 18.4. The number of aromatic nitrogens is 1. The Morgan fingerprint density at radius 3 is 2.63 bits per heavy atom. The smallest absolute Gasteiger partial charge is 0.296 e. The number of hydrogen-bond donors (Lipinski definition) is 0. The minimum absolute atomic E-state index is 0.0885. The molecule has 38 heavy (non-hydrogen) atoms. The van der Waals surface area contributed by atoms with Gasteiger partial charge in [-0.15, -0.1) is 0 Å². The molecular weight excluding hydrogens is 488 g/mol. The van der Waals surface area contributed by atoms with Gasteiger partial charge in [-0.25, -0.2) is 0 Å². The van der Waals surface area contributed by atoms with Crippen molar-refractivity contribution >= 4 is 23.0 Å². The maximum atomic E-state index is 13.6. The van der Waals surface area contributed by atoms with Crippen molar-refractivity contribution in [1.29, 1.82) is 5.26 Å². The molecule has 0 saturated heterocycles. The molecule has 0 N–H and O–H groups in total. The molecule has 0 saturated carbocycles. The van der Waals surface area contributed by atoms with Gasteiger partial charge in [-0.3, -0.25) is 19.8 Å². The Bertz CT molecular complexity index is 1580. The highest BCUT2D eigenvalue weighted by atomic mass is 16.7. The zero-order valence-electron chi connectivity index (χ0n) is 20.4. The Hall–Kier alpha value is -5.04. The molecule has 0 unspecified atom stereocenters. The number of ether oxygens (including phenoxy) is 3. The first-order valence-electron chi connectivity index (χ1n) is 12.1. The number of nitro benzene ring substituents is 1. The fraction of sp³-hybridized carbons (Fsp3) is 0.214. The molecule has 1 aromatic heterocycles. The van der Waals surface area contributed by atoms with Gasteiger partial charge in [-0.2, -0.15) is 5.26 Å². The molecule has 0 amide bonds. The number of allylic oxidation sites excluding steroid dienone is 3. The molecule has 3 aliphatic rings. The standard InChI is InChI=1S/C28H22N4O6/c1-36-18-8-9-20(22(14-18)32(34)35)31-21-5-4-6-23(33)27(21)26(17-7-10-24-25(13-17)38-16-37-24)19(15-29)28(31)30-11-2-3-12-30/h2-3,7-14,26H,4-6,16H2,1H3/t26-/m0/s1. The van der Waals surface area contributed by atoms with E-state index in [1.165, 1.54) is 13.2 Å². The number of methoxy groups -OCH3 is 1. The van der Waals surface area contributed by atoms with Crippen LogP contribution in [-0.2, 0) is 4.79 Å². The van der Waals surface area contributed by atoms with E-state index in [0.29, 0.717) is 64.7 Å². The Morgan fingerprint density at radius 2 is 1.89 bits per heavy atom. The highest BCUT2D eigenvalue weighted by molar-refractivity contribution is 6.03. The van der Waals surface area contributed by atoms with Gasteiger partial charge < -0.3 is 18.8 Å². The molecule has 6 rings (SSSR count). The second-order valence-corrected chi connectivity index (χ2v) is 9.07. The first kappa shape index (κ1) is 23.4. The van der Waals surface area contributed by atoms with Gasteiger partial charge in [0, 0.05) is 30.1 Å². The van der Waals surface area contributed by atoms with Gasteiger partial charge in [0.2, 0.25) is 6.79 Å². The van der Waals surface area contributed by atoms with Crippen molar-refractivity contribution < 1.29 is 23.9 Å². The molecule has 1 atom stereocenters. The second-order valence-electron chi connectivity index (χ2n) is 9.07. The van der Waals surface area contributed by atoms with Crippen LogP contribution in [-0.4, -0.2) is 29.2 Å². The zero-order chi connectivity index (χ0) is 26.4. The molecule has 1 aliphatic carbocycles. The lowest BCUT2D eigenvalue weighted by Crippen LogP contribution is -2.37. The molecular formula is C28H22N4O6. The first-order chi connectivity index (χ1) is 18.5. The average molecular weight is 511 g/mol. The predicted octanol–water partition coefficient (Wildman–Crippen LogP) is 5.14. The van der Waals surface area contributed by atoms with E-state index in [1.807, 2.05) is 18.2 Å². The first-order valence-corrected chi connectivity index (χ1v) is 12.1. The van der Waals surface area contributed by atoms with Crippen LogP contribution in [0.4, 0.5) is 11.4 Å². The average Bonchev–Trinajstić information content (AvgIpc) is 3.63. The van der Waals surface area contributed by atoms with E-state index >= 15 is 0 Å². The third-order valence-corrected chi connectivity index (χ3v) is 7.05. The van der Waals surface area contributed by atoms with Gasteiger partial charge in [0.1, 0.15) is 17.3 Å². The number of benzene rings is 2. The summed E-state index contributed by atoms with van der Waals surface area (Å²) in [5.41, 5.74) is 2.16. The van der Waals surface area contributed by atoms with E-state index in [-0.39, 0.29) is 24.0 Å². The van der Waals surface area contributed by atoms with E-state index in [4.69, 9.17) is 14.2 Å². The highest BCUT2D eigenvalue weighted by Crippen LogP contribution is 2.51. The quantitative estimate of drug-likeness (QED) is 0.342. The summed E-state index contributed by atoms with van der Waals surface area (Å²) in [6, 6.07) is 16.0. The van der Waals surface area contributed by atoms with Crippen LogP contribution >= 0.6 is 0 Å². The van der Waals surface area contributed by atoms with Crippen LogP contribution in [0.3, 0.4) is 0 Å². The number of Topliss-reactive ketones (excluding diaryl/α,β-unsaturated/α-hetero) is 1. The number of carbonyl (C=O) groups is 1. The third-order valence-electron chi connectivity index (χ3n) is 7.05. The van der Waals surface area contributed by atoms with Crippen LogP contribution in [0.15, 0.2) is 77.8 Å². The molecule has 10 nitrogen and oxygen atoms in total. The monoisotopic (exact) mass is 510 g/mol. The van der Waals surface area contributed by atoms with Crippen molar-refractivity contribution in [2.45, 2.75) is 25.2 Å². The van der Waals surface area contributed by atoms with Crippen molar-refractivity contribution in [2.24, 2.45) is 0 Å². The molecule has 3 heterocycles. The highest BCUT2D eigenvalue weighted by Gasteiger charge is 2.43. The summed E-state index contributed by atoms with van der Waals surface area (Å²) in [4.78, 5) is 27.0. The molecule has 3 aromatic rings. The Balaban J connectivity index is 1.67. The number of ketones is 1. The van der Waals surface area contributed by atoms with E-state index in [9.17, 15) is 20.2 Å². The SMILES string of the molecule is COc1ccc(N2C3=C(C(=O)CCC3)[C@@H](c3ccc4c(c3)OCO4)C(C#N)=C2n2cccc2)c([N+](=O)[O-])c1. The number of nitro groups is 1. The van der Waals surface area contributed by atoms with E-state index in [2.05, 4.69) is 6.07 Å². The van der Waals surface area contributed by atoms with E-state index < -0.39 is 10.8 Å². The number of nitriles is 1. The molecule has 0 fully saturated rings. The van der Waals surface area contributed by atoms with Gasteiger partial charge in [0.05, 0.1) is 35.7 Å². The fourth-order valence-corrected chi connectivity index (χ4v) is 5.42. The number of nitrogens with zero attached hydrogens (tertiary/aromatic N) is 4. The Morgan fingerprint density at radius 1 is 1.11 bits per heavy atom. The lowest BCUT2D eigenvalue weighted by Gasteiger charge is -2.41. The lowest BCUT2D eigenvalue weighted by atomic mass is 9.75. The Kier molecular flexibility index (Phi) is 5.61. The van der Waals surface area contributed by atoms with Gasteiger partial charge in [-0.1, -0.05) is 6.07 Å². The van der Waals surface area contributed by atoms with Gasteiger partial charge >= 0.3 is 0 Å². The molecule has 0 spiro atoms. The number of fused-ring (bicyclic) bond motifs is 1.